The van der Waals surface area contributed by atoms with Gasteiger partial charge in [-0.2, -0.15) is 0 Å². The molecule has 0 aromatic heterocycles. The summed E-state index contributed by atoms with van der Waals surface area (Å²) < 4.78 is 18.2. The van der Waals surface area contributed by atoms with Gasteiger partial charge in [0.05, 0.1) is 5.02 Å². The first-order valence-electron chi connectivity index (χ1n) is 5.57. The van der Waals surface area contributed by atoms with Crippen molar-refractivity contribution in [2.75, 3.05) is 13.7 Å². The fourth-order valence-electron chi connectivity index (χ4n) is 1.69. The fraction of sp³-hybridized carbons (Fsp3) is 0.500. The topological polar surface area (TPSA) is 47.3 Å². The van der Waals surface area contributed by atoms with Crippen molar-refractivity contribution in [3.63, 3.8) is 0 Å². The second-order valence-corrected chi connectivity index (χ2v) is 4.29. The Morgan fingerprint density at radius 3 is 2.94 bits per heavy atom. The van der Waals surface area contributed by atoms with E-state index in [0.717, 1.165) is 18.4 Å². The van der Waals surface area contributed by atoms with E-state index >= 15 is 0 Å². The Morgan fingerprint density at radius 2 is 2.29 bits per heavy atom. The van der Waals surface area contributed by atoms with Gasteiger partial charge in [0, 0.05) is 19.8 Å². The zero-order chi connectivity index (χ0) is 12.7. The highest BCUT2D eigenvalue weighted by Gasteiger charge is 2.12. The molecular formula is C12H18ClFN2O. The SMILES string of the molecule is COCCCC(Cc1cccc(F)c1Cl)NN. The molecule has 0 fully saturated rings. The molecule has 1 aromatic carbocycles. The molecule has 0 saturated heterocycles. The first-order valence-corrected chi connectivity index (χ1v) is 5.94. The lowest BCUT2D eigenvalue weighted by atomic mass is 10.0. The van der Waals surface area contributed by atoms with Crippen LogP contribution in [-0.4, -0.2) is 19.8 Å². The molecule has 3 nitrogen and oxygen atoms in total. The Bertz CT molecular complexity index is 349. The predicted octanol–water partition coefficient (Wildman–Crippen LogP) is 2.28. The molecule has 0 aliphatic carbocycles. The van der Waals surface area contributed by atoms with E-state index in [1.165, 1.54) is 6.07 Å². The lowest BCUT2D eigenvalue weighted by Crippen LogP contribution is -2.37. The summed E-state index contributed by atoms with van der Waals surface area (Å²) in [6.45, 7) is 0.690. The summed E-state index contributed by atoms with van der Waals surface area (Å²) in [7, 11) is 1.66. The van der Waals surface area contributed by atoms with Crippen LogP contribution >= 0.6 is 11.6 Å². The summed E-state index contributed by atoms with van der Waals surface area (Å²) in [5, 5.41) is 0.180. The van der Waals surface area contributed by atoms with Crippen LogP contribution in [0.1, 0.15) is 18.4 Å². The molecule has 0 aliphatic rings. The van der Waals surface area contributed by atoms with Crippen molar-refractivity contribution in [3.8, 4) is 0 Å². The van der Waals surface area contributed by atoms with Gasteiger partial charge in [-0.3, -0.25) is 11.3 Å². The second-order valence-electron chi connectivity index (χ2n) is 3.92. The van der Waals surface area contributed by atoms with Crippen LogP contribution in [0.25, 0.3) is 0 Å². The third-order valence-electron chi connectivity index (χ3n) is 2.63. The van der Waals surface area contributed by atoms with E-state index in [1.54, 1.807) is 13.2 Å². The van der Waals surface area contributed by atoms with Crippen molar-refractivity contribution in [3.05, 3.63) is 34.6 Å². The van der Waals surface area contributed by atoms with Gasteiger partial charge in [0.25, 0.3) is 0 Å². The molecule has 3 N–H and O–H groups in total. The van der Waals surface area contributed by atoms with Gasteiger partial charge in [-0.05, 0) is 30.9 Å². The largest absolute Gasteiger partial charge is 0.385 e. The Balaban J connectivity index is 2.57. The second kappa shape index (κ2) is 7.61. The number of hydrogen-bond acceptors (Lipinski definition) is 3. The summed E-state index contributed by atoms with van der Waals surface area (Å²) in [5.74, 6) is 5.07. The number of halogens is 2. The zero-order valence-electron chi connectivity index (χ0n) is 9.88. The quantitative estimate of drug-likeness (QED) is 0.449. The van der Waals surface area contributed by atoms with Crippen LogP contribution in [0, 0.1) is 5.82 Å². The minimum Gasteiger partial charge on any atom is -0.385 e. The van der Waals surface area contributed by atoms with Crippen LogP contribution in [0.2, 0.25) is 5.02 Å². The van der Waals surface area contributed by atoms with Gasteiger partial charge in [-0.15, -0.1) is 0 Å². The Kier molecular flexibility index (Phi) is 6.44. The van der Waals surface area contributed by atoms with E-state index in [-0.39, 0.29) is 11.1 Å². The Hall–Kier alpha value is -0.680. The number of rotatable bonds is 7. The van der Waals surface area contributed by atoms with Gasteiger partial charge in [0.15, 0.2) is 0 Å². The predicted molar refractivity (Wildman–Crippen MR) is 67.3 cm³/mol. The highest BCUT2D eigenvalue weighted by molar-refractivity contribution is 6.31. The molecule has 5 heteroatoms. The summed E-state index contributed by atoms with van der Waals surface area (Å²) in [6, 6.07) is 4.89. The highest BCUT2D eigenvalue weighted by Crippen LogP contribution is 2.21. The first-order chi connectivity index (χ1) is 8.19. The molecule has 17 heavy (non-hydrogen) atoms. The van der Waals surface area contributed by atoms with E-state index in [4.69, 9.17) is 22.2 Å². The minimum atomic E-state index is -0.392. The average Bonchev–Trinajstić information content (AvgIpc) is 2.33. The van der Waals surface area contributed by atoms with Crippen LogP contribution in [0.5, 0.6) is 0 Å². The zero-order valence-corrected chi connectivity index (χ0v) is 10.6. The summed E-state index contributed by atoms with van der Waals surface area (Å²) >= 11 is 5.89. The Labute approximate surface area is 106 Å². The number of ether oxygens (including phenoxy) is 1. The van der Waals surface area contributed by atoms with Crippen LogP contribution in [-0.2, 0) is 11.2 Å². The number of hydrazine groups is 1. The lowest BCUT2D eigenvalue weighted by Gasteiger charge is -2.16. The van der Waals surface area contributed by atoms with Crippen molar-refractivity contribution in [2.45, 2.75) is 25.3 Å². The summed E-state index contributed by atoms with van der Waals surface area (Å²) in [4.78, 5) is 0. The lowest BCUT2D eigenvalue weighted by molar-refractivity contribution is 0.188. The van der Waals surface area contributed by atoms with Crippen LogP contribution < -0.4 is 11.3 Å². The van der Waals surface area contributed by atoms with E-state index in [1.807, 2.05) is 6.07 Å². The molecule has 1 unspecified atom stereocenters. The fourth-order valence-corrected chi connectivity index (χ4v) is 1.89. The van der Waals surface area contributed by atoms with Crippen molar-refractivity contribution in [1.29, 1.82) is 0 Å². The smallest absolute Gasteiger partial charge is 0.142 e. The molecule has 0 saturated carbocycles. The third kappa shape index (κ3) is 4.60. The number of nitrogens with two attached hydrogens (primary N) is 1. The highest BCUT2D eigenvalue weighted by atomic mass is 35.5. The molecule has 0 radical (unpaired) electrons. The van der Waals surface area contributed by atoms with Crippen molar-refractivity contribution >= 4 is 11.6 Å². The number of hydrogen-bond donors (Lipinski definition) is 2. The van der Waals surface area contributed by atoms with Gasteiger partial charge in [0.2, 0.25) is 0 Å². The summed E-state index contributed by atoms with van der Waals surface area (Å²) in [6.07, 6.45) is 2.37. The van der Waals surface area contributed by atoms with Crippen LogP contribution in [0.3, 0.4) is 0 Å². The van der Waals surface area contributed by atoms with E-state index in [2.05, 4.69) is 5.43 Å². The first kappa shape index (κ1) is 14.4. The maximum absolute atomic E-state index is 13.2. The van der Waals surface area contributed by atoms with E-state index in [9.17, 15) is 4.39 Å². The van der Waals surface area contributed by atoms with Gasteiger partial charge in [-0.1, -0.05) is 23.7 Å². The van der Waals surface area contributed by atoms with Crippen molar-refractivity contribution in [2.24, 2.45) is 5.84 Å². The number of methoxy groups -OCH3 is 1. The monoisotopic (exact) mass is 260 g/mol. The molecule has 0 spiro atoms. The number of benzene rings is 1. The maximum Gasteiger partial charge on any atom is 0.142 e. The standard InChI is InChI=1S/C12H18ClFN2O/c1-17-7-3-5-10(16-15)8-9-4-2-6-11(14)12(9)13/h2,4,6,10,16H,3,5,7-8,15H2,1H3. The normalized spacial score (nSPS) is 12.7. The maximum atomic E-state index is 13.2. The molecule has 1 rings (SSSR count). The van der Waals surface area contributed by atoms with Gasteiger partial charge >= 0.3 is 0 Å². The molecule has 96 valence electrons. The van der Waals surface area contributed by atoms with E-state index in [0.29, 0.717) is 13.0 Å². The molecule has 0 amide bonds. The summed E-state index contributed by atoms with van der Waals surface area (Å²) in [5.41, 5.74) is 3.49. The van der Waals surface area contributed by atoms with Gasteiger partial charge < -0.3 is 4.74 Å². The molecule has 1 atom stereocenters. The van der Waals surface area contributed by atoms with Crippen LogP contribution in [0.15, 0.2) is 18.2 Å². The average molecular weight is 261 g/mol. The molecule has 0 bridgehead atoms. The molecule has 1 aromatic rings. The molecule has 0 aliphatic heterocycles. The number of nitrogens with one attached hydrogen (secondary N) is 1. The minimum absolute atomic E-state index is 0.0736. The third-order valence-corrected chi connectivity index (χ3v) is 3.06. The van der Waals surface area contributed by atoms with Crippen molar-refractivity contribution in [1.82, 2.24) is 5.43 Å². The van der Waals surface area contributed by atoms with E-state index < -0.39 is 5.82 Å². The molecule has 0 heterocycles. The van der Waals surface area contributed by atoms with Crippen molar-refractivity contribution < 1.29 is 9.13 Å². The molecular weight excluding hydrogens is 243 g/mol. The Morgan fingerprint density at radius 1 is 1.53 bits per heavy atom. The van der Waals surface area contributed by atoms with Gasteiger partial charge in [0.1, 0.15) is 5.82 Å². The van der Waals surface area contributed by atoms with Crippen LogP contribution in [0.4, 0.5) is 4.39 Å². The van der Waals surface area contributed by atoms with Gasteiger partial charge in [-0.25, -0.2) is 4.39 Å².